The minimum absolute atomic E-state index is 0.144. The number of aromatic nitrogens is 4. The van der Waals surface area contributed by atoms with Gasteiger partial charge >= 0.3 is 0 Å². The third-order valence-electron chi connectivity index (χ3n) is 7.13. The van der Waals surface area contributed by atoms with Gasteiger partial charge in [0.05, 0.1) is 24.0 Å². The van der Waals surface area contributed by atoms with Crippen molar-refractivity contribution in [3.63, 3.8) is 0 Å². The van der Waals surface area contributed by atoms with Crippen LogP contribution in [0.25, 0.3) is 16.7 Å². The van der Waals surface area contributed by atoms with Crippen LogP contribution in [0.3, 0.4) is 0 Å². The number of rotatable bonds is 6. The molecule has 2 aromatic heterocycles. The first-order chi connectivity index (χ1) is 17.5. The molecule has 1 amide bonds. The molecule has 9 heteroatoms. The van der Waals surface area contributed by atoms with E-state index in [-0.39, 0.29) is 23.9 Å². The average Bonchev–Trinajstić information content (AvgIpc) is 3.66. The third kappa shape index (κ3) is 4.37. The summed E-state index contributed by atoms with van der Waals surface area (Å²) in [6, 6.07) is 17.7. The molecule has 3 heterocycles. The number of nitrogens with zero attached hydrogens (tertiary/aromatic N) is 5. The summed E-state index contributed by atoms with van der Waals surface area (Å²) in [7, 11) is 0. The van der Waals surface area contributed by atoms with Gasteiger partial charge in [-0.05, 0) is 62.1 Å². The van der Waals surface area contributed by atoms with Crippen molar-refractivity contribution in [1.82, 2.24) is 24.2 Å². The highest BCUT2D eigenvalue weighted by molar-refractivity contribution is 5.81. The Kier molecular flexibility index (Phi) is 5.56. The molecular weight excluding hydrogens is 456 g/mol. The van der Waals surface area contributed by atoms with Gasteiger partial charge in [-0.3, -0.25) is 14.2 Å². The maximum Gasteiger partial charge on any atom is 0.264 e. The second-order valence-electron chi connectivity index (χ2n) is 9.83. The van der Waals surface area contributed by atoms with Gasteiger partial charge in [-0.15, -0.1) is 0 Å². The van der Waals surface area contributed by atoms with E-state index in [4.69, 9.17) is 0 Å². The molecule has 2 aliphatic rings. The lowest BCUT2D eigenvalue weighted by molar-refractivity contribution is -0.137. The number of carbonyl (C=O) groups is 1. The Balaban J connectivity index is 1.18. The molecule has 1 aliphatic carbocycles. The van der Waals surface area contributed by atoms with Crippen molar-refractivity contribution in [1.29, 1.82) is 0 Å². The first-order valence-electron chi connectivity index (χ1n) is 12.4. The van der Waals surface area contributed by atoms with Crippen molar-refractivity contribution < 1.29 is 9.90 Å². The highest BCUT2D eigenvalue weighted by atomic mass is 16.3. The van der Waals surface area contributed by atoms with Crippen molar-refractivity contribution in [3.05, 3.63) is 77.5 Å². The van der Waals surface area contributed by atoms with Gasteiger partial charge < -0.3 is 15.3 Å². The quantitative estimate of drug-likeness (QED) is 0.436. The van der Waals surface area contributed by atoms with Crippen LogP contribution in [-0.4, -0.2) is 53.9 Å². The fourth-order valence-electron chi connectivity index (χ4n) is 4.83. The highest BCUT2D eigenvalue weighted by Crippen LogP contribution is 2.33. The molecule has 0 radical (unpaired) electrons. The van der Waals surface area contributed by atoms with Gasteiger partial charge in [0.25, 0.3) is 5.56 Å². The Labute approximate surface area is 208 Å². The summed E-state index contributed by atoms with van der Waals surface area (Å²) >= 11 is 0. The summed E-state index contributed by atoms with van der Waals surface area (Å²) < 4.78 is 3.10. The topological polar surface area (TPSA) is 105 Å². The summed E-state index contributed by atoms with van der Waals surface area (Å²) in [5.41, 5.74) is 1.92. The van der Waals surface area contributed by atoms with Gasteiger partial charge in [-0.1, -0.05) is 18.2 Å². The third-order valence-corrected chi connectivity index (χ3v) is 7.13. The summed E-state index contributed by atoms with van der Waals surface area (Å²) in [5.74, 6) is 0.381. The molecule has 4 aromatic rings. The number of likely N-dealkylation sites (tertiary alicyclic amines) is 1. The Hall–Kier alpha value is -3.98. The predicted molar refractivity (Wildman–Crippen MR) is 136 cm³/mol. The normalized spacial score (nSPS) is 17.3. The second kappa shape index (κ2) is 8.91. The molecule has 184 valence electrons. The van der Waals surface area contributed by atoms with Crippen LogP contribution in [0.4, 0.5) is 11.4 Å². The van der Waals surface area contributed by atoms with Crippen LogP contribution in [0.5, 0.6) is 0 Å². The van der Waals surface area contributed by atoms with E-state index in [0.29, 0.717) is 37.0 Å². The van der Waals surface area contributed by atoms with Crippen molar-refractivity contribution in [2.24, 2.45) is 5.92 Å². The lowest BCUT2D eigenvalue weighted by Gasteiger charge is -2.38. The lowest BCUT2D eigenvalue weighted by atomic mass is 9.91. The Bertz CT molecular complexity index is 1450. The molecule has 1 aliphatic heterocycles. The number of amides is 1. The number of benzene rings is 2. The number of hydrogen-bond donors (Lipinski definition) is 2. The SMILES string of the molecule is O=C(C1CC1)N1CCC(O)(Cn2cnc3c(cnn3-c3ccc(Nc4ccccc4)cc3)c2=O)CC1. The Morgan fingerprint density at radius 3 is 2.42 bits per heavy atom. The minimum Gasteiger partial charge on any atom is -0.388 e. The Morgan fingerprint density at radius 1 is 1.03 bits per heavy atom. The fourth-order valence-corrected chi connectivity index (χ4v) is 4.83. The molecule has 2 N–H and O–H groups in total. The number of anilines is 2. The van der Waals surface area contributed by atoms with Gasteiger partial charge in [0.2, 0.25) is 5.91 Å². The molecule has 2 fully saturated rings. The zero-order valence-corrected chi connectivity index (χ0v) is 19.9. The number of fused-ring (bicyclic) bond motifs is 1. The number of carbonyl (C=O) groups excluding carboxylic acids is 1. The zero-order chi connectivity index (χ0) is 24.7. The first kappa shape index (κ1) is 22.5. The van der Waals surface area contributed by atoms with Gasteiger partial charge in [0.1, 0.15) is 11.7 Å². The maximum atomic E-state index is 13.2. The van der Waals surface area contributed by atoms with Crippen LogP contribution < -0.4 is 10.9 Å². The van der Waals surface area contributed by atoms with E-state index in [1.54, 1.807) is 4.68 Å². The zero-order valence-electron chi connectivity index (χ0n) is 19.9. The van der Waals surface area contributed by atoms with Gasteiger partial charge in [-0.2, -0.15) is 5.10 Å². The molecule has 2 aromatic carbocycles. The number of hydrogen-bond acceptors (Lipinski definition) is 6. The van der Waals surface area contributed by atoms with Crippen LogP contribution in [-0.2, 0) is 11.3 Å². The monoisotopic (exact) mass is 484 g/mol. The van der Waals surface area contributed by atoms with Crippen LogP contribution in [0.2, 0.25) is 0 Å². The highest BCUT2D eigenvalue weighted by Gasteiger charge is 2.39. The molecule has 36 heavy (non-hydrogen) atoms. The maximum absolute atomic E-state index is 13.2. The van der Waals surface area contributed by atoms with E-state index < -0.39 is 5.60 Å². The number of piperidine rings is 1. The Morgan fingerprint density at radius 2 is 1.72 bits per heavy atom. The van der Waals surface area contributed by atoms with Crippen LogP contribution in [0.15, 0.2) is 71.9 Å². The van der Waals surface area contributed by atoms with Gasteiger partial charge in [-0.25, -0.2) is 9.67 Å². The number of para-hydroxylation sites is 1. The van der Waals surface area contributed by atoms with E-state index in [0.717, 1.165) is 29.9 Å². The van der Waals surface area contributed by atoms with E-state index in [1.165, 1.54) is 17.1 Å². The fraction of sp³-hybridized carbons (Fsp3) is 0.333. The van der Waals surface area contributed by atoms with E-state index in [2.05, 4.69) is 15.4 Å². The predicted octanol–water partition coefficient (Wildman–Crippen LogP) is 3.09. The molecule has 0 bridgehead atoms. The van der Waals surface area contributed by atoms with E-state index >= 15 is 0 Å². The molecule has 0 unspecified atom stereocenters. The van der Waals surface area contributed by atoms with Gasteiger partial charge in [0.15, 0.2) is 5.65 Å². The average molecular weight is 485 g/mol. The molecule has 1 saturated heterocycles. The lowest BCUT2D eigenvalue weighted by Crippen LogP contribution is -2.50. The number of nitrogens with one attached hydrogen (secondary N) is 1. The van der Waals surface area contributed by atoms with Crippen molar-refractivity contribution in [2.45, 2.75) is 37.8 Å². The summed E-state index contributed by atoms with van der Waals surface area (Å²) in [4.78, 5) is 31.9. The minimum atomic E-state index is -1.04. The smallest absolute Gasteiger partial charge is 0.264 e. The van der Waals surface area contributed by atoms with Crippen LogP contribution in [0, 0.1) is 5.92 Å². The van der Waals surface area contributed by atoms with Crippen molar-refractivity contribution >= 4 is 28.3 Å². The molecule has 9 nitrogen and oxygen atoms in total. The van der Waals surface area contributed by atoms with Crippen molar-refractivity contribution in [2.75, 3.05) is 18.4 Å². The molecule has 0 spiro atoms. The van der Waals surface area contributed by atoms with Crippen LogP contribution in [0.1, 0.15) is 25.7 Å². The first-order valence-corrected chi connectivity index (χ1v) is 12.4. The summed E-state index contributed by atoms with van der Waals surface area (Å²) in [6.07, 6.45) is 5.84. The molecule has 6 rings (SSSR count). The summed E-state index contributed by atoms with van der Waals surface area (Å²) in [5, 5.41) is 19.3. The van der Waals surface area contributed by atoms with Gasteiger partial charge in [0, 0.05) is 30.4 Å². The number of aliphatic hydroxyl groups is 1. The molecule has 1 saturated carbocycles. The largest absolute Gasteiger partial charge is 0.388 e. The molecular formula is C27H28N6O3. The summed E-state index contributed by atoms with van der Waals surface area (Å²) in [6.45, 7) is 1.18. The van der Waals surface area contributed by atoms with Crippen molar-refractivity contribution in [3.8, 4) is 5.69 Å². The second-order valence-corrected chi connectivity index (χ2v) is 9.83. The standard InChI is InChI=1S/C27H28N6O3/c34-25(19-6-7-19)31-14-12-27(36,13-15-31)17-32-18-28-24-23(26(32)35)16-29-33(24)22-10-8-21(9-11-22)30-20-4-2-1-3-5-20/h1-5,8-11,16,18-19,30,36H,6-7,12-15,17H2. The van der Waals surface area contributed by atoms with E-state index in [1.807, 2.05) is 59.5 Å². The van der Waals surface area contributed by atoms with Crippen LogP contribution >= 0.6 is 0 Å². The van der Waals surface area contributed by atoms with E-state index in [9.17, 15) is 14.7 Å². The molecule has 0 atom stereocenters.